The number of carbonyl (C=O) groups is 1. The first-order valence-corrected chi connectivity index (χ1v) is 8.34. The second-order valence-electron chi connectivity index (χ2n) is 6.49. The molecule has 1 aliphatic carbocycles. The lowest BCUT2D eigenvalue weighted by atomic mass is 9.83. The van der Waals surface area contributed by atoms with Crippen molar-refractivity contribution in [2.45, 2.75) is 70.4 Å². The van der Waals surface area contributed by atoms with Gasteiger partial charge in [-0.05, 0) is 50.4 Å². The third-order valence-electron chi connectivity index (χ3n) is 4.97. The molecule has 3 N–H and O–H groups in total. The van der Waals surface area contributed by atoms with Crippen molar-refractivity contribution in [2.75, 3.05) is 13.2 Å². The van der Waals surface area contributed by atoms with Gasteiger partial charge in [0.2, 0.25) is 5.91 Å². The van der Waals surface area contributed by atoms with E-state index in [1.807, 2.05) is 0 Å². The van der Waals surface area contributed by atoms with Gasteiger partial charge in [0.15, 0.2) is 0 Å². The molecule has 1 saturated heterocycles. The zero-order valence-corrected chi connectivity index (χ0v) is 12.8. The molecule has 1 aliphatic heterocycles. The Labute approximate surface area is 122 Å². The van der Waals surface area contributed by atoms with Gasteiger partial charge in [0.25, 0.3) is 0 Å². The summed E-state index contributed by atoms with van der Waals surface area (Å²) in [6.07, 6.45) is 9.19. The van der Waals surface area contributed by atoms with Gasteiger partial charge in [-0.15, -0.1) is 0 Å². The molecule has 1 unspecified atom stereocenters. The average molecular weight is 282 g/mol. The van der Waals surface area contributed by atoms with E-state index in [1.54, 1.807) is 0 Å². The Morgan fingerprint density at radius 1 is 1.20 bits per heavy atom. The predicted molar refractivity (Wildman–Crippen MR) is 80.3 cm³/mol. The second kappa shape index (κ2) is 7.99. The Kier molecular flexibility index (Phi) is 6.30. The topological polar surface area (TPSA) is 64.4 Å². The van der Waals surface area contributed by atoms with Crippen molar-refractivity contribution >= 4 is 5.91 Å². The molecular weight excluding hydrogens is 252 g/mol. The van der Waals surface area contributed by atoms with E-state index in [0.29, 0.717) is 12.0 Å². The number of amides is 1. The molecule has 1 saturated carbocycles. The maximum absolute atomic E-state index is 12.2. The molecule has 0 radical (unpaired) electrons. The normalized spacial score (nSPS) is 29.9. The van der Waals surface area contributed by atoms with Crippen LogP contribution in [0.1, 0.15) is 58.3 Å². The van der Waals surface area contributed by atoms with Gasteiger partial charge in [0, 0.05) is 19.3 Å². The summed E-state index contributed by atoms with van der Waals surface area (Å²) in [5.74, 6) is 1.22. The Balaban J connectivity index is 1.71. The summed E-state index contributed by atoms with van der Waals surface area (Å²) >= 11 is 0. The van der Waals surface area contributed by atoms with Gasteiger partial charge < -0.3 is 15.8 Å². The first-order chi connectivity index (χ1) is 9.70. The van der Waals surface area contributed by atoms with Crippen molar-refractivity contribution in [2.24, 2.45) is 17.6 Å². The van der Waals surface area contributed by atoms with E-state index in [2.05, 4.69) is 12.2 Å². The Bertz CT molecular complexity index is 295. The van der Waals surface area contributed by atoms with E-state index >= 15 is 0 Å². The van der Waals surface area contributed by atoms with Crippen LogP contribution in [-0.4, -0.2) is 31.2 Å². The number of nitrogens with one attached hydrogen (secondary N) is 1. The number of hydrogen-bond acceptors (Lipinski definition) is 3. The van der Waals surface area contributed by atoms with Gasteiger partial charge in [-0.1, -0.05) is 19.8 Å². The van der Waals surface area contributed by atoms with Crippen molar-refractivity contribution in [3.63, 3.8) is 0 Å². The molecule has 4 nitrogen and oxygen atoms in total. The van der Waals surface area contributed by atoms with E-state index in [4.69, 9.17) is 10.5 Å². The van der Waals surface area contributed by atoms with Crippen LogP contribution in [0.15, 0.2) is 0 Å². The average Bonchev–Trinajstić information content (AvgIpc) is 2.49. The quantitative estimate of drug-likeness (QED) is 0.812. The van der Waals surface area contributed by atoms with Crippen molar-refractivity contribution < 1.29 is 9.53 Å². The fraction of sp³-hybridized carbons (Fsp3) is 0.938. The molecule has 0 bridgehead atoms. The predicted octanol–water partition coefficient (Wildman–Crippen LogP) is 2.22. The highest BCUT2D eigenvalue weighted by Gasteiger charge is 2.29. The van der Waals surface area contributed by atoms with Gasteiger partial charge in [-0.2, -0.15) is 0 Å². The fourth-order valence-electron chi connectivity index (χ4n) is 3.59. The van der Waals surface area contributed by atoms with Crippen LogP contribution in [0.5, 0.6) is 0 Å². The van der Waals surface area contributed by atoms with Gasteiger partial charge >= 0.3 is 0 Å². The third kappa shape index (κ3) is 4.45. The molecule has 0 spiro atoms. The van der Waals surface area contributed by atoms with Crippen LogP contribution in [0.3, 0.4) is 0 Å². The molecule has 1 heterocycles. The fourth-order valence-corrected chi connectivity index (χ4v) is 3.59. The zero-order chi connectivity index (χ0) is 14.4. The number of carbonyl (C=O) groups excluding carboxylic acids is 1. The molecule has 2 aliphatic rings. The van der Waals surface area contributed by atoms with E-state index in [9.17, 15) is 4.79 Å². The van der Waals surface area contributed by atoms with Crippen LogP contribution in [0.2, 0.25) is 0 Å². The number of nitrogens with two attached hydrogens (primary N) is 1. The van der Waals surface area contributed by atoms with Crippen molar-refractivity contribution in [1.82, 2.24) is 5.32 Å². The van der Waals surface area contributed by atoms with Crippen LogP contribution in [0, 0.1) is 11.8 Å². The minimum absolute atomic E-state index is 0.0517. The van der Waals surface area contributed by atoms with Crippen LogP contribution in [0.25, 0.3) is 0 Å². The maximum atomic E-state index is 12.2. The van der Waals surface area contributed by atoms with Crippen LogP contribution in [0.4, 0.5) is 0 Å². The lowest BCUT2D eigenvalue weighted by Crippen LogP contribution is -2.50. The maximum Gasteiger partial charge on any atom is 0.237 e. The van der Waals surface area contributed by atoms with Crippen molar-refractivity contribution in [1.29, 1.82) is 0 Å². The monoisotopic (exact) mass is 282 g/mol. The second-order valence-corrected chi connectivity index (χ2v) is 6.49. The van der Waals surface area contributed by atoms with Crippen molar-refractivity contribution in [3.8, 4) is 0 Å². The summed E-state index contributed by atoms with van der Waals surface area (Å²) in [4.78, 5) is 12.2. The lowest BCUT2D eigenvalue weighted by molar-refractivity contribution is -0.125. The molecule has 4 heteroatoms. The van der Waals surface area contributed by atoms with Gasteiger partial charge in [0.05, 0.1) is 6.04 Å². The molecule has 2 fully saturated rings. The summed E-state index contributed by atoms with van der Waals surface area (Å²) in [5.41, 5.74) is 6.12. The summed E-state index contributed by atoms with van der Waals surface area (Å²) in [7, 11) is 0. The molecule has 0 aromatic rings. The molecule has 2 rings (SSSR count). The highest BCUT2D eigenvalue weighted by atomic mass is 16.5. The molecule has 1 atom stereocenters. The summed E-state index contributed by atoms with van der Waals surface area (Å²) in [5, 5.41) is 3.17. The van der Waals surface area contributed by atoms with Crippen LogP contribution < -0.4 is 11.1 Å². The minimum atomic E-state index is -0.354. The smallest absolute Gasteiger partial charge is 0.237 e. The standard InChI is InChI=1S/C16H30N2O2/c1-2-3-12-4-6-14(7-5-12)18-16(19)15(17)13-8-10-20-11-9-13/h12-15H,2-11,17H2,1H3,(H,18,19). The molecule has 0 aromatic heterocycles. The Morgan fingerprint density at radius 3 is 2.45 bits per heavy atom. The van der Waals surface area contributed by atoms with Crippen molar-refractivity contribution in [3.05, 3.63) is 0 Å². The van der Waals surface area contributed by atoms with Gasteiger partial charge in [-0.3, -0.25) is 4.79 Å². The molecule has 1 amide bonds. The molecule has 0 aromatic carbocycles. The zero-order valence-electron chi connectivity index (χ0n) is 12.8. The minimum Gasteiger partial charge on any atom is -0.381 e. The van der Waals surface area contributed by atoms with Gasteiger partial charge in [0.1, 0.15) is 0 Å². The van der Waals surface area contributed by atoms with Crippen LogP contribution >= 0.6 is 0 Å². The summed E-state index contributed by atoms with van der Waals surface area (Å²) in [6.45, 7) is 3.74. The SMILES string of the molecule is CCCC1CCC(NC(=O)C(N)C2CCOCC2)CC1. The van der Waals surface area contributed by atoms with Crippen LogP contribution in [-0.2, 0) is 9.53 Å². The number of ether oxygens (including phenoxy) is 1. The first kappa shape index (κ1) is 15.8. The highest BCUT2D eigenvalue weighted by Crippen LogP contribution is 2.28. The largest absolute Gasteiger partial charge is 0.381 e. The lowest BCUT2D eigenvalue weighted by Gasteiger charge is -2.32. The highest BCUT2D eigenvalue weighted by molar-refractivity contribution is 5.82. The molecule has 116 valence electrons. The van der Waals surface area contributed by atoms with E-state index < -0.39 is 0 Å². The number of rotatable bonds is 5. The van der Waals surface area contributed by atoms with E-state index in [1.165, 1.54) is 25.7 Å². The Hall–Kier alpha value is -0.610. The first-order valence-electron chi connectivity index (χ1n) is 8.34. The third-order valence-corrected chi connectivity index (χ3v) is 4.97. The molecular formula is C16H30N2O2. The summed E-state index contributed by atoms with van der Waals surface area (Å²) in [6, 6.07) is -0.00578. The number of hydrogen-bond donors (Lipinski definition) is 2. The Morgan fingerprint density at radius 2 is 1.85 bits per heavy atom. The van der Waals surface area contributed by atoms with E-state index in [-0.39, 0.29) is 11.9 Å². The molecule has 20 heavy (non-hydrogen) atoms. The van der Waals surface area contributed by atoms with Gasteiger partial charge in [-0.25, -0.2) is 0 Å². The van der Waals surface area contributed by atoms with E-state index in [0.717, 1.165) is 44.8 Å². The summed E-state index contributed by atoms with van der Waals surface area (Å²) < 4.78 is 5.33.